The highest BCUT2D eigenvalue weighted by atomic mass is 19.1. The van der Waals surface area contributed by atoms with E-state index in [9.17, 15) is 4.39 Å². The van der Waals surface area contributed by atoms with Crippen molar-refractivity contribution < 1.29 is 13.9 Å². The molecule has 0 aromatic heterocycles. The predicted octanol–water partition coefficient (Wildman–Crippen LogP) is 3.54. The van der Waals surface area contributed by atoms with Crippen LogP contribution in [-0.2, 0) is 0 Å². The van der Waals surface area contributed by atoms with Crippen LogP contribution in [0.2, 0.25) is 0 Å². The van der Waals surface area contributed by atoms with Gasteiger partial charge < -0.3 is 14.8 Å². The molecule has 2 rings (SSSR count). The van der Waals surface area contributed by atoms with Gasteiger partial charge in [-0.25, -0.2) is 4.39 Å². The van der Waals surface area contributed by atoms with Gasteiger partial charge in [0.15, 0.2) is 0 Å². The Balaban J connectivity index is 2.55. The molecular formula is C17H20FNO2. The highest BCUT2D eigenvalue weighted by Gasteiger charge is 2.23. The molecular weight excluding hydrogens is 269 g/mol. The van der Waals surface area contributed by atoms with E-state index < -0.39 is 0 Å². The van der Waals surface area contributed by atoms with E-state index in [1.165, 1.54) is 6.07 Å². The summed E-state index contributed by atoms with van der Waals surface area (Å²) in [6, 6.07) is 12.1. The van der Waals surface area contributed by atoms with Gasteiger partial charge in [0.2, 0.25) is 0 Å². The third kappa shape index (κ3) is 3.16. The maximum atomic E-state index is 14.3. The lowest BCUT2D eigenvalue weighted by Crippen LogP contribution is -2.20. The molecule has 1 N–H and O–H groups in total. The molecule has 3 nitrogen and oxygen atoms in total. The Morgan fingerprint density at radius 2 is 1.81 bits per heavy atom. The fourth-order valence-electron chi connectivity index (χ4n) is 2.44. The standard InChI is InChI=1S/C17H20FNO2/c1-4-21-14-10-6-5-8-12(14)17(19-2)16-13(18)9-7-11-15(16)20-3/h5-11,17,19H,4H2,1-3H3. The number of para-hydroxylation sites is 1. The van der Waals surface area contributed by atoms with Crippen LogP contribution >= 0.6 is 0 Å². The van der Waals surface area contributed by atoms with E-state index >= 15 is 0 Å². The summed E-state index contributed by atoms with van der Waals surface area (Å²) in [6.07, 6.45) is 0. The number of hydrogen-bond acceptors (Lipinski definition) is 3. The molecule has 0 saturated heterocycles. The first-order valence-corrected chi connectivity index (χ1v) is 6.94. The van der Waals surface area contributed by atoms with Gasteiger partial charge in [-0.3, -0.25) is 0 Å². The van der Waals surface area contributed by atoms with Crippen LogP contribution in [0, 0.1) is 5.82 Å². The fraction of sp³-hybridized carbons (Fsp3) is 0.294. The molecule has 1 atom stereocenters. The summed E-state index contributed by atoms with van der Waals surface area (Å²) in [5, 5.41) is 3.15. The Labute approximate surface area is 124 Å². The monoisotopic (exact) mass is 289 g/mol. The van der Waals surface area contributed by atoms with Crippen LogP contribution in [0.5, 0.6) is 11.5 Å². The van der Waals surface area contributed by atoms with Gasteiger partial charge in [-0.15, -0.1) is 0 Å². The Hall–Kier alpha value is -2.07. The smallest absolute Gasteiger partial charge is 0.132 e. The summed E-state index contributed by atoms with van der Waals surface area (Å²) in [4.78, 5) is 0. The molecule has 21 heavy (non-hydrogen) atoms. The first kappa shape index (κ1) is 15.3. The van der Waals surface area contributed by atoms with Crippen LogP contribution in [0.3, 0.4) is 0 Å². The third-order valence-corrected chi connectivity index (χ3v) is 3.34. The summed E-state index contributed by atoms with van der Waals surface area (Å²) >= 11 is 0. The minimum absolute atomic E-state index is 0.306. The minimum Gasteiger partial charge on any atom is -0.496 e. The number of methoxy groups -OCH3 is 1. The summed E-state index contributed by atoms with van der Waals surface area (Å²) in [7, 11) is 3.33. The quantitative estimate of drug-likeness (QED) is 0.882. The molecule has 1 unspecified atom stereocenters. The number of rotatable bonds is 6. The van der Waals surface area contributed by atoms with Crippen molar-refractivity contribution in [2.45, 2.75) is 13.0 Å². The SMILES string of the molecule is CCOc1ccccc1C(NC)c1c(F)cccc1OC. The predicted molar refractivity (Wildman–Crippen MR) is 81.5 cm³/mol. The van der Waals surface area contributed by atoms with Crippen molar-refractivity contribution in [3.63, 3.8) is 0 Å². The van der Waals surface area contributed by atoms with Crippen molar-refractivity contribution in [2.75, 3.05) is 20.8 Å². The molecule has 0 aliphatic rings. The number of hydrogen-bond donors (Lipinski definition) is 1. The Morgan fingerprint density at radius 1 is 1.10 bits per heavy atom. The zero-order chi connectivity index (χ0) is 15.2. The molecule has 0 radical (unpaired) electrons. The van der Waals surface area contributed by atoms with Crippen molar-refractivity contribution in [1.82, 2.24) is 5.32 Å². The number of halogens is 1. The molecule has 2 aromatic carbocycles. The second kappa shape index (κ2) is 7.09. The van der Waals surface area contributed by atoms with Gasteiger partial charge >= 0.3 is 0 Å². The van der Waals surface area contributed by atoms with E-state index in [1.807, 2.05) is 31.2 Å². The average Bonchev–Trinajstić information content (AvgIpc) is 2.51. The van der Waals surface area contributed by atoms with Crippen molar-refractivity contribution >= 4 is 0 Å². The second-order valence-electron chi connectivity index (χ2n) is 4.55. The number of benzene rings is 2. The van der Waals surface area contributed by atoms with E-state index in [1.54, 1.807) is 26.3 Å². The maximum absolute atomic E-state index is 14.3. The van der Waals surface area contributed by atoms with Gasteiger partial charge in [0, 0.05) is 5.56 Å². The molecule has 0 spiro atoms. The second-order valence-corrected chi connectivity index (χ2v) is 4.55. The minimum atomic E-state index is -0.344. The molecule has 112 valence electrons. The molecule has 0 aliphatic heterocycles. The van der Waals surface area contributed by atoms with Crippen LogP contribution in [0.15, 0.2) is 42.5 Å². The van der Waals surface area contributed by atoms with Crippen molar-refractivity contribution in [2.24, 2.45) is 0 Å². The number of nitrogens with one attached hydrogen (secondary N) is 1. The lowest BCUT2D eigenvalue weighted by atomic mass is 9.96. The molecule has 0 saturated carbocycles. The van der Waals surface area contributed by atoms with Crippen molar-refractivity contribution in [3.05, 3.63) is 59.4 Å². The van der Waals surface area contributed by atoms with E-state index in [0.29, 0.717) is 17.9 Å². The molecule has 4 heteroatoms. The van der Waals surface area contributed by atoms with Gasteiger partial charge in [0.25, 0.3) is 0 Å². The van der Waals surface area contributed by atoms with Gasteiger partial charge in [0.1, 0.15) is 17.3 Å². The summed E-state index contributed by atoms with van der Waals surface area (Å²) in [5.74, 6) is 0.949. The van der Waals surface area contributed by atoms with E-state index in [0.717, 1.165) is 11.3 Å². The van der Waals surface area contributed by atoms with Crippen molar-refractivity contribution in [3.8, 4) is 11.5 Å². The highest BCUT2D eigenvalue weighted by molar-refractivity contribution is 5.47. The molecule has 0 heterocycles. The van der Waals surface area contributed by atoms with Crippen LogP contribution in [-0.4, -0.2) is 20.8 Å². The summed E-state index contributed by atoms with van der Waals surface area (Å²) in [5.41, 5.74) is 1.36. The topological polar surface area (TPSA) is 30.5 Å². The zero-order valence-electron chi connectivity index (χ0n) is 12.5. The fourth-order valence-corrected chi connectivity index (χ4v) is 2.44. The van der Waals surface area contributed by atoms with Gasteiger partial charge in [-0.2, -0.15) is 0 Å². The van der Waals surface area contributed by atoms with Gasteiger partial charge in [-0.05, 0) is 32.2 Å². The van der Waals surface area contributed by atoms with Crippen LogP contribution in [0.4, 0.5) is 4.39 Å². The largest absolute Gasteiger partial charge is 0.496 e. The highest BCUT2D eigenvalue weighted by Crippen LogP contribution is 2.36. The molecule has 0 bridgehead atoms. The Bertz CT molecular complexity index is 601. The first-order valence-electron chi connectivity index (χ1n) is 6.94. The van der Waals surface area contributed by atoms with Crippen LogP contribution < -0.4 is 14.8 Å². The first-order chi connectivity index (χ1) is 10.2. The lowest BCUT2D eigenvalue weighted by Gasteiger charge is -2.22. The zero-order valence-corrected chi connectivity index (χ0v) is 12.5. The average molecular weight is 289 g/mol. The normalized spacial score (nSPS) is 12.0. The van der Waals surface area contributed by atoms with E-state index in [-0.39, 0.29) is 11.9 Å². The van der Waals surface area contributed by atoms with E-state index in [4.69, 9.17) is 9.47 Å². The maximum Gasteiger partial charge on any atom is 0.132 e. The van der Waals surface area contributed by atoms with Gasteiger partial charge in [-0.1, -0.05) is 24.3 Å². The number of ether oxygens (including phenoxy) is 2. The van der Waals surface area contributed by atoms with E-state index in [2.05, 4.69) is 5.32 Å². The third-order valence-electron chi connectivity index (χ3n) is 3.34. The summed E-state index contributed by atoms with van der Waals surface area (Å²) < 4.78 is 25.3. The van der Waals surface area contributed by atoms with Crippen molar-refractivity contribution in [1.29, 1.82) is 0 Å². The van der Waals surface area contributed by atoms with Gasteiger partial charge in [0.05, 0.1) is 25.3 Å². The molecule has 0 aliphatic carbocycles. The summed E-state index contributed by atoms with van der Waals surface area (Å²) in [6.45, 7) is 2.48. The van der Waals surface area contributed by atoms with Crippen LogP contribution in [0.25, 0.3) is 0 Å². The van der Waals surface area contributed by atoms with Crippen LogP contribution in [0.1, 0.15) is 24.1 Å². The Kier molecular flexibility index (Phi) is 5.17. The Morgan fingerprint density at radius 3 is 2.48 bits per heavy atom. The molecule has 0 fully saturated rings. The molecule has 2 aromatic rings. The lowest BCUT2D eigenvalue weighted by molar-refractivity contribution is 0.333. The molecule has 0 amide bonds.